The van der Waals surface area contributed by atoms with Crippen LogP contribution in [0.25, 0.3) is 0 Å². The van der Waals surface area contributed by atoms with Gasteiger partial charge in [-0.25, -0.2) is 0 Å². The molecule has 0 spiro atoms. The third kappa shape index (κ3) is 11.7. The van der Waals surface area contributed by atoms with E-state index in [9.17, 15) is 0 Å². The molecule has 14 heavy (non-hydrogen) atoms. The lowest BCUT2D eigenvalue weighted by molar-refractivity contribution is 0.157. The third-order valence-electron chi connectivity index (χ3n) is 2.25. The lowest BCUT2D eigenvalue weighted by atomic mass is 10.2. The maximum Gasteiger partial charge on any atom is 0.0647 e. The zero-order valence-electron chi connectivity index (χ0n) is 9.93. The average molecular weight is 198 g/mol. The van der Waals surface area contributed by atoms with E-state index < -0.39 is 0 Å². The summed E-state index contributed by atoms with van der Waals surface area (Å²) < 4.78 is 5.46. The van der Waals surface area contributed by atoms with Gasteiger partial charge >= 0.3 is 0 Å². The summed E-state index contributed by atoms with van der Waals surface area (Å²) in [6, 6.07) is 0. The van der Waals surface area contributed by atoms with Crippen molar-refractivity contribution in [1.29, 1.82) is 0 Å². The van der Waals surface area contributed by atoms with Crippen LogP contribution < -0.4 is 0 Å². The molecule has 0 atom stereocenters. The summed E-state index contributed by atoms with van der Waals surface area (Å²) in [5.74, 6) is 0. The summed E-state index contributed by atoms with van der Waals surface area (Å²) in [6.45, 7) is 6.18. The van der Waals surface area contributed by atoms with Crippen LogP contribution in [0.15, 0.2) is 12.2 Å². The van der Waals surface area contributed by atoms with Crippen LogP contribution in [0.5, 0.6) is 0 Å². The van der Waals surface area contributed by atoms with Gasteiger partial charge < -0.3 is 4.74 Å². The Kier molecular flexibility index (Phi) is 12.4. The second-order valence-electron chi connectivity index (χ2n) is 3.75. The van der Waals surface area contributed by atoms with Gasteiger partial charge in [-0.1, -0.05) is 51.7 Å². The van der Waals surface area contributed by atoms with Gasteiger partial charge in [0.05, 0.1) is 6.61 Å². The molecule has 0 unspecified atom stereocenters. The summed E-state index contributed by atoms with van der Waals surface area (Å²) in [7, 11) is 0. The summed E-state index contributed by atoms with van der Waals surface area (Å²) in [6.07, 6.45) is 13.4. The van der Waals surface area contributed by atoms with E-state index in [1.54, 1.807) is 0 Å². The molecule has 0 aliphatic rings. The van der Waals surface area contributed by atoms with E-state index in [4.69, 9.17) is 4.74 Å². The van der Waals surface area contributed by atoms with Gasteiger partial charge in [0.1, 0.15) is 0 Å². The van der Waals surface area contributed by atoms with Crippen LogP contribution in [0.2, 0.25) is 0 Å². The molecule has 0 radical (unpaired) electrons. The first-order valence-corrected chi connectivity index (χ1v) is 6.14. The maximum absolute atomic E-state index is 5.46. The molecule has 0 aromatic carbocycles. The summed E-state index contributed by atoms with van der Waals surface area (Å²) in [5, 5.41) is 0. The van der Waals surface area contributed by atoms with Gasteiger partial charge in [-0.2, -0.15) is 0 Å². The highest BCUT2D eigenvalue weighted by molar-refractivity contribution is 4.81. The van der Waals surface area contributed by atoms with Crippen molar-refractivity contribution in [2.24, 2.45) is 0 Å². The van der Waals surface area contributed by atoms with E-state index in [0.29, 0.717) is 0 Å². The molecule has 0 rings (SSSR count). The van der Waals surface area contributed by atoms with Gasteiger partial charge in [0.2, 0.25) is 0 Å². The standard InChI is InChI=1S/C13H26O/c1-3-5-7-8-9-11-13-14-12-10-6-4-2/h9,11H,3-8,10,12-13H2,1-2H3. The van der Waals surface area contributed by atoms with Crippen molar-refractivity contribution in [3.8, 4) is 0 Å². The number of unbranched alkanes of at least 4 members (excludes halogenated alkanes) is 5. The molecule has 0 aromatic heterocycles. The number of hydrogen-bond acceptors (Lipinski definition) is 1. The van der Waals surface area contributed by atoms with Crippen LogP contribution in [-0.2, 0) is 4.74 Å². The quantitative estimate of drug-likeness (QED) is 0.375. The van der Waals surface area contributed by atoms with Crippen LogP contribution >= 0.6 is 0 Å². The molecule has 0 saturated carbocycles. The monoisotopic (exact) mass is 198 g/mol. The molecule has 0 aromatic rings. The van der Waals surface area contributed by atoms with Crippen LogP contribution in [0.1, 0.15) is 58.8 Å². The number of hydrogen-bond donors (Lipinski definition) is 0. The van der Waals surface area contributed by atoms with Gasteiger partial charge in [-0.15, -0.1) is 0 Å². The highest BCUT2D eigenvalue weighted by Gasteiger charge is 1.85. The highest BCUT2D eigenvalue weighted by atomic mass is 16.5. The van der Waals surface area contributed by atoms with E-state index in [1.165, 1.54) is 44.9 Å². The third-order valence-corrected chi connectivity index (χ3v) is 2.25. The molecule has 0 amide bonds. The van der Waals surface area contributed by atoms with E-state index in [1.807, 2.05) is 0 Å². The van der Waals surface area contributed by atoms with E-state index in [2.05, 4.69) is 26.0 Å². The Morgan fingerprint density at radius 1 is 0.857 bits per heavy atom. The fourth-order valence-corrected chi connectivity index (χ4v) is 1.30. The maximum atomic E-state index is 5.46. The van der Waals surface area contributed by atoms with Crippen LogP contribution in [0.4, 0.5) is 0 Å². The van der Waals surface area contributed by atoms with Crippen LogP contribution in [-0.4, -0.2) is 13.2 Å². The lowest BCUT2D eigenvalue weighted by Gasteiger charge is -1.99. The topological polar surface area (TPSA) is 9.23 Å². The Bertz CT molecular complexity index is 118. The molecule has 1 heteroatoms. The Labute approximate surface area is 89.5 Å². The Morgan fingerprint density at radius 2 is 1.57 bits per heavy atom. The van der Waals surface area contributed by atoms with Gasteiger partial charge in [0.15, 0.2) is 0 Å². The first-order valence-electron chi connectivity index (χ1n) is 6.14. The molecule has 0 saturated heterocycles. The minimum atomic E-state index is 0.801. The summed E-state index contributed by atoms with van der Waals surface area (Å²) in [4.78, 5) is 0. The zero-order chi connectivity index (χ0) is 10.5. The first kappa shape index (κ1) is 13.7. The SMILES string of the molecule is CCCCCC=CCOCCCCC. The van der Waals surface area contributed by atoms with Gasteiger partial charge in [0, 0.05) is 6.61 Å². The smallest absolute Gasteiger partial charge is 0.0647 e. The second-order valence-corrected chi connectivity index (χ2v) is 3.75. The van der Waals surface area contributed by atoms with Crippen molar-refractivity contribution < 1.29 is 4.74 Å². The summed E-state index contributed by atoms with van der Waals surface area (Å²) >= 11 is 0. The molecule has 0 aliphatic heterocycles. The first-order chi connectivity index (χ1) is 6.91. The van der Waals surface area contributed by atoms with Gasteiger partial charge in [-0.05, 0) is 19.3 Å². The zero-order valence-corrected chi connectivity index (χ0v) is 9.93. The van der Waals surface area contributed by atoms with Crippen LogP contribution in [0, 0.1) is 0 Å². The molecule has 0 N–H and O–H groups in total. The molecule has 0 heterocycles. The number of rotatable bonds is 10. The molecule has 0 bridgehead atoms. The highest BCUT2D eigenvalue weighted by Crippen LogP contribution is 1.99. The fourth-order valence-electron chi connectivity index (χ4n) is 1.30. The van der Waals surface area contributed by atoms with Gasteiger partial charge in [0.25, 0.3) is 0 Å². The number of allylic oxidation sites excluding steroid dienone is 1. The second kappa shape index (κ2) is 12.7. The molecule has 84 valence electrons. The Hall–Kier alpha value is -0.300. The van der Waals surface area contributed by atoms with Crippen molar-refractivity contribution in [1.82, 2.24) is 0 Å². The van der Waals surface area contributed by atoms with Crippen LogP contribution in [0.3, 0.4) is 0 Å². The predicted molar refractivity (Wildman–Crippen MR) is 63.6 cm³/mol. The van der Waals surface area contributed by atoms with E-state index in [-0.39, 0.29) is 0 Å². The molecular formula is C13H26O. The fraction of sp³-hybridized carbons (Fsp3) is 0.846. The number of ether oxygens (including phenoxy) is 1. The molecule has 1 nitrogen and oxygen atoms in total. The normalized spacial score (nSPS) is 11.3. The van der Waals surface area contributed by atoms with Crippen molar-refractivity contribution >= 4 is 0 Å². The largest absolute Gasteiger partial charge is 0.377 e. The average Bonchev–Trinajstić information content (AvgIpc) is 2.21. The van der Waals surface area contributed by atoms with E-state index in [0.717, 1.165) is 13.2 Å². The minimum Gasteiger partial charge on any atom is -0.377 e. The molecule has 0 aliphatic carbocycles. The lowest BCUT2D eigenvalue weighted by Crippen LogP contribution is -1.93. The van der Waals surface area contributed by atoms with Crippen molar-refractivity contribution in [2.45, 2.75) is 58.8 Å². The Morgan fingerprint density at radius 3 is 2.29 bits per heavy atom. The van der Waals surface area contributed by atoms with Crippen molar-refractivity contribution in [3.63, 3.8) is 0 Å². The van der Waals surface area contributed by atoms with E-state index >= 15 is 0 Å². The van der Waals surface area contributed by atoms with Crippen molar-refractivity contribution in [3.05, 3.63) is 12.2 Å². The van der Waals surface area contributed by atoms with Crippen molar-refractivity contribution in [2.75, 3.05) is 13.2 Å². The summed E-state index contributed by atoms with van der Waals surface area (Å²) in [5.41, 5.74) is 0. The predicted octanol–water partition coefficient (Wildman–Crippen LogP) is 4.33. The minimum absolute atomic E-state index is 0.801. The molecule has 0 fully saturated rings. The molecular weight excluding hydrogens is 172 g/mol. The van der Waals surface area contributed by atoms with Gasteiger partial charge in [-0.3, -0.25) is 0 Å². The Balaban J connectivity index is 2.96.